The second-order valence-corrected chi connectivity index (χ2v) is 2.09. The first kappa shape index (κ1) is 13.3. The van der Waals surface area contributed by atoms with Gasteiger partial charge >= 0.3 is 5.97 Å². The van der Waals surface area contributed by atoms with Crippen LogP contribution in [0, 0.1) is 5.92 Å². The Morgan fingerprint density at radius 1 is 1.55 bits per heavy atom. The van der Waals surface area contributed by atoms with Gasteiger partial charge < -0.3 is 10.5 Å². The lowest BCUT2D eigenvalue weighted by Gasteiger charge is -2.09. The molecule has 0 saturated heterocycles. The highest BCUT2D eigenvalue weighted by Crippen LogP contribution is 2.01. The minimum Gasteiger partial charge on any atom is -0.466 e. The molecule has 0 heterocycles. The maximum atomic E-state index is 10.9. The summed E-state index contributed by atoms with van der Waals surface area (Å²) in [6.07, 6.45) is 0.759. The standard InChI is InChI=1S/C7H15NO2.ClH/c1-3-6(5-8)7(9)10-4-2;/h6H,3-5,8H2,1-2H3;1H. The van der Waals surface area contributed by atoms with Crippen molar-refractivity contribution in [2.45, 2.75) is 20.3 Å². The van der Waals surface area contributed by atoms with Crippen LogP contribution in [0.1, 0.15) is 20.3 Å². The van der Waals surface area contributed by atoms with Gasteiger partial charge in [-0.2, -0.15) is 0 Å². The van der Waals surface area contributed by atoms with Crippen LogP contribution in [0.25, 0.3) is 0 Å². The molecular formula is C7H16ClNO2. The highest BCUT2D eigenvalue weighted by Gasteiger charge is 2.14. The monoisotopic (exact) mass is 181 g/mol. The largest absolute Gasteiger partial charge is 0.466 e. The molecule has 3 nitrogen and oxygen atoms in total. The first-order chi connectivity index (χ1) is 4.76. The first-order valence-electron chi connectivity index (χ1n) is 3.62. The predicted octanol–water partition coefficient (Wildman–Crippen LogP) is 0.956. The Labute approximate surface area is 73.7 Å². The second-order valence-electron chi connectivity index (χ2n) is 2.09. The third-order valence-corrected chi connectivity index (χ3v) is 1.40. The summed E-state index contributed by atoms with van der Waals surface area (Å²) in [6.45, 7) is 4.54. The summed E-state index contributed by atoms with van der Waals surface area (Å²) in [7, 11) is 0. The van der Waals surface area contributed by atoms with E-state index < -0.39 is 0 Å². The SMILES string of the molecule is CCOC(=O)C(CC)CN.Cl. The fraction of sp³-hybridized carbons (Fsp3) is 0.857. The molecule has 0 aromatic heterocycles. The van der Waals surface area contributed by atoms with Crippen LogP contribution in [-0.4, -0.2) is 19.1 Å². The Morgan fingerprint density at radius 3 is 2.36 bits per heavy atom. The molecule has 0 amide bonds. The molecule has 1 unspecified atom stereocenters. The van der Waals surface area contributed by atoms with Gasteiger partial charge in [-0.05, 0) is 13.3 Å². The molecule has 0 aliphatic rings. The van der Waals surface area contributed by atoms with Crippen LogP contribution in [0.2, 0.25) is 0 Å². The number of hydrogen-bond donors (Lipinski definition) is 1. The fourth-order valence-electron chi connectivity index (χ4n) is 0.690. The molecular weight excluding hydrogens is 166 g/mol. The minimum atomic E-state index is -0.174. The van der Waals surface area contributed by atoms with Crippen LogP contribution in [0.5, 0.6) is 0 Å². The van der Waals surface area contributed by atoms with Gasteiger partial charge in [-0.1, -0.05) is 6.92 Å². The summed E-state index contributed by atoms with van der Waals surface area (Å²) in [4.78, 5) is 10.9. The average Bonchev–Trinajstić information content (AvgIpc) is 1.91. The molecule has 68 valence electrons. The smallest absolute Gasteiger partial charge is 0.310 e. The molecule has 11 heavy (non-hydrogen) atoms. The van der Waals surface area contributed by atoms with Crippen LogP contribution in [0.3, 0.4) is 0 Å². The van der Waals surface area contributed by atoms with Gasteiger partial charge in [-0.25, -0.2) is 0 Å². The molecule has 0 fully saturated rings. The number of carbonyl (C=O) groups excluding carboxylic acids is 1. The molecule has 0 aliphatic carbocycles. The van der Waals surface area contributed by atoms with Crippen LogP contribution in [0.4, 0.5) is 0 Å². The topological polar surface area (TPSA) is 52.3 Å². The van der Waals surface area contributed by atoms with Crippen molar-refractivity contribution in [3.8, 4) is 0 Å². The van der Waals surface area contributed by atoms with E-state index in [-0.39, 0.29) is 24.3 Å². The predicted molar refractivity (Wildman–Crippen MR) is 46.7 cm³/mol. The zero-order valence-electron chi connectivity index (χ0n) is 7.00. The maximum absolute atomic E-state index is 10.9. The Hall–Kier alpha value is -0.280. The molecule has 0 spiro atoms. The summed E-state index contributed by atoms with van der Waals surface area (Å²) >= 11 is 0. The Balaban J connectivity index is 0. The van der Waals surface area contributed by atoms with Crippen molar-refractivity contribution in [1.82, 2.24) is 0 Å². The molecule has 0 aromatic rings. The van der Waals surface area contributed by atoms with E-state index in [1.54, 1.807) is 6.92 Å². The van der Waals surface area contributed by atoms with E-state index in [4.69, 9.17) is 10.5 Å². The summed E-state index contributed by atoms with van der Waals surface area (Å²) in [5.74, 6) is -0.285. The van der Waals surface area contributed by atoms with E-state index in [0.29, 0.717) is 13.2 Å². The van der Waals surface area contributed by atoms with Gasteiger partial charge in [0, 0.05) is 6.54 Å². The summed E-state index contributed by atoms with van der Waals surface area (Å²) in [5.41, 5.74) is 5.31. The molecule has 2 N–H and O–H groups in total. The quantitative estimate of drug-likeness (QED) is 0.658. The molecule has 1 atom stereocenters. The number of rotatable bonds is 4. The van der Waals surface area contributed by atoms with Gasteiger partial charge in [0.05, 0.1) is 12.5 Å². The zero-order valence-corrected chi connectivity index (χ0v) is 7.82. The Bertz CT molecular complexity index is 105. The Morgan fingerprint density at radius 2 is 2.09 bits per heavy atom. The highest BCUT2D eigenvalue weighted by molar-refractivity contribution is 5.85. The molecule has 0 aromatic carbocycles. The number of carbonyl (C=O) groups is 1. The number of esters is 1. The van der Waals surface area contributed by atoms with Crippen molar-refractivity contribution in [1.29, 1.82) is 0 Å². The Kier molecular flexibility index (Phi) is 9.47. The summed E-state index contributed by atoms with van der Waals surface area (Å²) in [5, 5.41) is 0. The van der Waals surface area contributed by atoms with Crippen molar-refractivity contribution in [3.63, 3.8) is 0 Å². The van der Waals surface area contributed by atoms with Gasteiger partial charge in [0.15, 0.2) is 0 Å². The van der Waals surface area contributed by atoms with Crippen molar-refractivity contribution in [2.24, 2.45) is 11.7 Å². The van der Waals surface area contributed by atoms with Crippen LogP contribution < -0.4 is 5.73 Å². The van der Waals surface area contributed by atoms with Crippen LogP contribution >= 0.6 is 12.4 Å². The highest BCUT2D eigenvalue weighted by atomic mass is 35.5. The lowest BCUT2D eigenvalue weighted by Crippen LogP contribution is -2.24. The van der Waals surface area contributed by atoms with Gasteiger partial charge in [-0.3, -0.25) is 4.79 Å². The minimum absolute atomic E-state index is 0. The van der Waals surface area contributed by atoms with E-state index in [0.717, 1.165) is 6.42 Å². The second kappa shape index (κ2) is 7.82. The number of nitrogens with two attached hydrogens (primary N) is 1. The molecule has 0 rings (SSSR count). The van der Waals surface area contributed by atoms with Crippen molar-refractivity contribution < 1.29 is 9.53 Å². The molecule has 0 radical (unpaired) electrons. The molecule has 4 heteroatoms. The summed E-state index contributed by atoms with van der Waals surface area (Å²) in [6, 6.07) is 0. The van der Waals surface area contributed by atoms with Crippen molar-refractivity contribution >= 4 is 18.4 Å². The van der Waals surface area contributed by atoms with E-state index in [1.807, 2.05) is 6.92 Å². The van der Waals surface area contributed by atoms with Crippen molar-refractivity contribution in [3.05, 3.63) is 0 Å². The van der Waals surface area contributed by atoms with Crippen LogP contribution in [-0.2, 0) is 9.53 Å². The molecule has 0 saturated carbocycles. The van der Waals surface area contributed by atoms with Gasteiger partial charge in [-0.15, -0.1) is 12.4 Å². The van der Waals surface area contributed by atoms with Gasteiger partial charge in [0.25, 0.3) is 0 Å². The molecule has 0 aliphatic heterocycles. The van der Waals surface area contributed by atoms with Gasteiger partial charge in [0.2, 0.25) is 0 Å². The maximum Gasteiger partial charge on any atom is 0.310 e. The normalized spacial score (nSPS) is 11.5. The lowest BCUT2D eigenvalue weighted by atomic mass is 10.1. The zero-order chi connectivity index (χ0) is 7.98. The third kappa shape index (κ3) is 5.04. The fourth-order valence-corrected chi connectivity index (χ4v) is 0.690. The lowest BCUT2D eigenvalue weighted by molar-refractivity contribution is -0.147. The van der Waals surface area contributed by atoms with E-state index in [1.165, 1.54) is 0 Å². The number of hydrogen-bond acceptors (Lipinski definition) is 3. The van der Waals surface area contributed by atoms with Gasteiger partial charge in [0.1, 0.15) is 0 Å². The average molecular weight is 182 g/mol. The number of ether oxygens (including phenoxy) is 1. The first-order valence-corrected chi connectivity index (χ1v) is 3.62. The van der Waals surface area contributed by atoms with Crippen molar-refractivity contribution in [2.75, 3.05) is 13.2 Å². The van der Waals surface area contributed by atoms with E-state index in [9.17, 15) is 4.79 Å². The number of halogens is 1. The molecule has 0 bridgehead atoms. The summed E-state index contributed by atoms with van der Waals surface area (Å²) < 4.78 is 4.77. The van der Waals surface area contributed by atoms with E-state index in [2.05, 4.69) is 0 Å². The van der Waals surface area contributed by atoms with Crippen LogP contribution in [0.15, 0.2) is 0 Å². The van der Waals surface area contributed by atoms with E-state index >= 15 is 0 Å². The third-order valence-electron chi connectivity index (χ3n) is 1.40.